The molecule has 0 radical (unpaired) electrons. The minimum atomic E-state index is -0.0467. The number of carbonyl (C=O) groups excluding carboxylic acids is 1. The van der Waals surface area contributed by atoms with Gasteiger partial charge < -0.3 is 4.90 Å². The van der Waals surface area contributed by atoms with Crippen LogP contribution in [0.5, 0.6) is 0 Å². The molecule has 0 saturated carbocycles. The van der Waals surface area contributed by atoms with E-state index in [-0.39, 0.29) is 6.03 Å². The number of anilines is 3. The number of urea groups is 1. The Labute approximate surface area is 170 Å². The molecular formula is C23H22ClN3O. The van der Waals surface area contributed by atoms with Crippen LogP contribution in [0.15, 0.2) is 72.8 Å². The zero-order valence-corrected chi connectivity index (χ0v) is 16.7. The number of carbonyl (C=O) groups is 1. The monoisotopic (exact) mass is 391 g/mol. The van der Waals surface area contributed by atoms with E-state index in [9.17, 15) is 4.79 Å². The van der Waals surface area contributed by atoms with Crippen LogP contribution >= 0.6 is 11.6 Å². The first kappa shape index (κ1) is 18.4. The number of benzene rings is 3. The van der Waals surface area contributed by atoms with E-state index in [0.29, 0.717) is 18.4 Å². The SMILES string of the molecule is Cc1ccc(N2CN(c3ccc(C)cc3)C(=O)N(c3ccc(Cl)cc3)C2)cc1. The first-order chi connectivity index (χ1) is 13.5. The molecule has 0 atom stereocenters. The van der Waals surface area contributed by atoms with Crippen molar-refractivity contribution in [2.24, 2.45) is 0 Å². The van der Waals surface area contributed by atoms with Crippen molar-refractivity contribution in [2.75, 3.05) is 28.0 Å². The predicted octanol–water partition coefficient (Wildman–Crippen LogP) is 5.83. The van der Waals surface area contributed by atoms with Gasteiger partial charge in [-0.1, -0.05) is 47.0 Å². The highest BCUT2D eigenvalue weighted by atomic mass is 35.5. The number of rotatable bonds is 3. The second-order valence-corrected chi connectivity index (χ2v) is 7.55. The molecule has 1 saturated heterocycles. The summed E-state index contributed by atoms with van der Waals surface area (Å²) in [5.74, 6) is 0. The summed E-state index contributed by atoms with van der Waals surface area (Å²) in [5.41, 5.74) is 5.16. The van der Waals surface area contributed by atoms with E-state index in [2.05, 4.69) is 36.1 Å². The third-order valence-corrected chi connectivity index (χ3v) is 5.22. The van der Waals surface area contributed by atoms with Crippen LogP contribution in [-0.2, 0) is 0 Å². The minimum Gasteiger partial charge on any atom is -0.335 e. The number of aryl methyl sites for hydroxylation is 2. The van der Waals surface area contributed by atoms with Crippen molar-refractivity contribution in [1.82, 2.24) is 0 Å². The van der Waals surface area contributed by atoms with Crippen molar-refractivity contribution >= 4 is 34.7 Å². The zero-order chi connectivity index (χ0) is 19.7. The van der Waals surface area contributed by atoms with Gasteiger partial charge in [0.15, 0.2) is 0 Å². The predicted molar refractivity (Wildman–Crippen MR) is 116 cm³/mol. The Morgan fingerprint density at radius 3 is 1.50 bits per heavy atom. The van der Waals surface area contributed by atoms with Crippen molar-refractivity contribution in [3.8, 4) is 0 Å². The van der Waals surface area contributed by atoms with Crippen LogP contribution < -0.4 is 14.7 Å². The Balaban J connectivity index is 1.72. The van der Waals surface area contributed by atoms with Crippen molar-refractivity contribution in [3.63, 3.8) is 0 Å². The van der Waals surface area contributed by atoms with E-state index in [1.807, 2.05) is 55.5 Å². The lowest BCUT2D eigenvalue weighted by Gasteiger charge is -2.43. The van der Waals surface area contributed by atoms with Gasteiger partial charge in [0.2, 0.25) is 0 Å². The summed E-state index contributed by atoms with van der Waals surface area (Å²) in [6.07, 6.45) is 0. The van der Waals surface area contributed by atoms with E-state index in [1.165, 1.54) is 5.56 Å². The van der Waals surface area contributed by atoms with Gasteiger partial charge in [0.05, 0.1) is 0 Å². The fourth-order valence-electron chi connectivity index (χ4n) is 3.30. The number of amides is 2. The highest BCUT2D eigenvalue weighted by molar-refractivity contribution is 6.30. The summed E-state index contributed by atoms with van der Waals surface area (Å²) in [5, 5.41) is 0.652. The standard InChI is InChI=1S/C23H22ClN3O/c1-17-3-9-20(10-4-17)25-15-26(21-11-5-18(2)6-12-21)23(28)27(16-25)22-13-7-19(24)8-14-22/h3-14H,15-16H2,1-2H3. The molecular weight excluding hydrogens is 370 g/mol. The fourth-order valence-corrected chi connectivity index (χ4v) is 3.43. The Kier molecular flexibility index (Phi) is 4.97. The molecule has 1 heterocycles. The first-order valence-corrected chi connectivity index (χ1v) is 9.62. The smallest absolute Gasteiger partial charge is 0.331 e. The maximum Gasteiger partial charge on any atom is 0.331 e. The van der Waals surface area contributed by atoms with Gasteiger partial charge in [-0.15, -0.1) is 0 Å². The third kappa shape index (κ3) is 3.69. The fraction of sp³-hybridized carbons (Fsp3) is 0.174. The molecule has 1 aliphatic rings. The van der Waals surface area contributed by atoms with Crippen LogP contribution in [0.1, 0.15) is 11.1 Å². The summed E-state index contributed by atoms with van der Waals surface area (Å²) in [4.78, 5) is 19.1. The molecule has 28 heavy (non-hydrogen) atoms. The van der Waals surface area contributed by atoms with E-state index >= 15 is 0 Å². The van der Waals surface area contributed by atoms with Crippen LogP contribution in [0, 0.1) is 13.8 Å². The second-order valence-electron chi connectivity index (χ2n) is 7.11. The van der Waals surface area contributed by atoms with Gasteiger partial charge in [-0.05, 0) is 62.4 Å². The Bertz CT molecular complexity index is 911. The number of hydrogen-bond acceptors (Lipinski definition) is 2. The molecule has 4 rings (SSSR count). The van der Waals surface area contributed by atoms with Crippen molar-refractivity contribution in [2.45, 2.75) is 13.8 Å². The van der Waals surface area contributed by atoms with E-state index in [4.69, 9.17) is 11.6 Å². The average Bonchev–Trinajstić information content (AvgIpc) is 2.70. The average molecular weight is 392 g/mol. The van der Waals surface area contributed by atoms with Gasteiger partial charge in [-0.2, -0.15) is 0 Å². The normalized spacial score (nSPS) is 14.5. The molecule has 3 aromatic rings. The first-order valence-electron chi connectivity index (χ1n) is 9.24. The van der Waals surface area contributed by atoms with Crippen LogP contribution in [0.4, 0.5) is 21.9 Å². The Morgan fingerprint density at radius 1 is 0.643 bits per heavy atom. The lowest BCUT2D eigenvalue weighted by molar-refractivity contribution is 0.248. The molecule has 0 aliphatic carbocycles. The summed E-state index contributed by atoms with van der Waals surface area (Å²) < 4.78 is 0. The topological polar surface area (TPSA) is 26.8 Å². The van der Waals surface area contributed by atoms with Crippen LogP contribution in [-0.4, -0.2) is 19.4 Å². The molecule has 1 aliphatic heterocycles. The Hall–Kier alpha value is -2.98. The quantitative estimate of drug-likeness (QED) is 0.562. The second kappa shape index (κ2) is 7.56. The lowest BCUT2D eigenvalue weighted by atomic mass is 10.2. The number of hydrogen-bond donors (Lipinski definition) is 0. The molecule has 0 aromatic heterocycles. The maximum atomic E-state index is 13.3. The third-order valence-electron chi connectivity index (χ3n) is 4.97. The van der Waals surface area contributed by atoms with E-state index < -0.39 is 0 Å². The minimum absolute atomic E-state index is 0.0467. The van der Waals surface area contributed by atoms with E-state index in [0.717, 1.165) is 22.6 Å². The van der Waals surface area contributed by atoms with Crippen molar-refractivity contribution < 1.29 is 4.79 Å². The summed E-state index contributed by atoms with van der Waals surface area (Å²) in [7, 11) is 0. The highest BCUT2D eigenvalue weighted by Crippen LogP contribution is 2.29. The van der Waals surface area contributed by atoms with E-state index in [1.54, 1.807) is 9.80 Å². The van der Waals surface area contributed by atoms with Crippen LogP contribution in [0.25, 0.3) is 0 Å². The van der Waals surface area contributed by atoms with Gasteiger partial charge >= 0.3 is 6.03 Å². The van der Waals surface area contributed by atoms with Gasteiger partial charge in [0, 0.05) is 22.1 Å². The molecule has 4 nitrogen and oxygen atoms in total. The van der Waals surface area contributed by atoms with Crippen molar-refractivity contribution in [1.29, 1.82) is 0 Å². The van der Waals surface area contributed by atoms with Gasteiger partial charge in [0.25, 0.3) is 0 Å². The van der Waals surface area contributed by atoms with Crippen molar-refractivity contribution in [3.05, 3.63) is 88.9 Å². The number of halogens is 1. The van der Waals surface area contributed by atoms with Gasteiger partial charge in [0.1, 0.15) is 13.3 Å². The zero-order valence-electron chi connectivity index (χ0n) is 16.0. The molecule has 0 N–H and O–H groups in total. The summed E-state index contributed by atoms with van der Waals surface area (Å²) in [6.45, 7) is 5.09. The molecule has 0 unspecified atom stereocenters. The molecule has 142 valence electrons. The molecule has 2 amide bonds. The van der Waals surface area contributed by atoms with Crippen LogP contribution in [0.3, 0.4) is 0 Å². The maximum absolute atomic E-state index is 13.3. The lowest BCUT2D eigenvalue weighted by Crippen LogP contribution is -2.59. The molecule has 3 aromatic carbocycles. The summed E-state index contributed by atoms with van der Waals surface area (Å²) >= 11 is 6.04. The molecule has 0 spiro atoms. The molecule has 5 heteroatoms. The molecule has 0 bridgehead atoms. The van der Waals surface area contributed by atoms with Gasteiger partial charge in [-0.25, -0.2) is 4.79 Å². The highest BCUT2D eigenvalue weighted by Gasteiger charge is 2.32. The summed E-state index contributed by atoms with van der Waals surface area (Å²) in [6, 6.07) is 23.8. The van der Waals surface area contributed by atoms with Crippen LogP contribution in [0.2, 0.25) is 5.02 Å². The molecule has 1 fully saturated rings. The Morgan fingerprint density at radius 2 is 1.04 bits per heavy atom. The largest absolute Gasteiger partial charge is 0.335 e. The van der Waals surface area contributed by atoms with Gasteiger partial charge in [-0.3, -0.25) is 9.80 Å². The number of nitrogens with zero attached hydrogens (tertiary/aromatic N) is 3.